The Kier molecular flexibility index (Phi) is 3.00. The Morgan fingerprint density at radius 3 is 2.83 bits per heavy atom. The number of aromatic nitrogens is 6. The van der Waals surface area contributed by atoms with Gasteiger partial charge in [-0.25, -0.2) is 9.97 Å². The van der Waals surface area contributed by atoms with Crippen LogP contribution in [0.2, 0.25) is 0 Å². The van der Waals surface area contributed by atoms with Gasteiger partial charge < -0.3 is 4.57 Å². The zero-order valence-electron chi connectivity index (χ0n) is 14.1. The number of imidazole rings is 1. The van der Waals surface area contributed by atoms with Gasteiger partial charge in [-0.15, -0.1) is 10.2 Å². The van der Waals surface area contributed by atoms with Crippen LogP contribution in [0, 0.1) is 13.8 Å². The van der Waals surface area contributed by atoms with E-state index in [0.717, 1.165) is 49.2 Å². The fraction of sp³-hybridized carbons (Fsp3) is 0.529. The maximum Gasteiger partial charge on any atom is 0.234 e. The van der Waals surface area contributed by atoms with E-state index in [2.05, 4.69) is 48.2 Å². The van der Waals surface area contributed by atoms with Gasteiger partial charge in [-0.05, 0) is 32.8 Å². The number of hydrogen-bond acceptors (Lipinski definition) is 5. The molecule has 7 nitrogen and oxygen atoms in total. The SMILES string of the molecule is Cc1cc(C)n2cc(CN3CCn4c(nnc4C4CC4)C3)nc2n1. The number of nitrogens with zero attached hydrogens (tertiary/aromatic N) is 7. The van der Waals surface area contributed by atoms with E-state index in [1.54, 1.807) is 0 Å². The van der Waals surface area contributed by atoms with Gasteiger partial charge in [-0.3, -0.25) is 9.30 Å². The molecule has 0 atom stereocenters. The average Bonchev–Trinajstić information content (AvgIpc) is 3.17. The molecule has 0 bridgehead atoms. The van der Waals surface area contributed by atoms with E-state index in [1.165, 1.54) is 24.4 Å². The second-order valence-corrected chi connectivity index (χ2v) is 7.05. The summed E-state index contributed by atoms with van der Waals surface area (Å²) in [5, 5.41) is 8.83. The lowest BCUT2D eigenvalue weighted by Gasteiger charge is -2.26. The van der Waals surface area contributed by atoms with Gasteiger partial charge in [0.25, 0.3) is 0 Å². The molecule has 0 amide bonds. The van der Waals surface area contributed by atoms with Gasteiger partial charge >= 0.3 is 0 Å². The molecule has 0 unspecified atom stereocenters. The fourth-order valence-corrected chi connectivity index (χ4v) is 3.63. The highest BCUT2D eigenvalue weighted by Crippen LogP contribution is 2.39. The number of fused-ring (bicyclic) bond motifs is 2. The molecule has 7 heteroatoms. The molecule has 1 aliphatic carbocycles. The van der Waals surface area contributed by atoms with E-state index in [9.17, 15) is 0 Å². The zero-order chi connectivity index (χ0) is 16.3. The van der Waals surface area contributed by atoms with Crippen LogP contribution < -0.4 is 0 Å². The molecule has 3 aromatic rings. The van der Waals surface area contributed by atoms with E-state index in [-0.39, 0.29) is 0 Å². The van der Waals surface area contributed by atoms with Crippen molar-refractivity contribution in [3.63, 3.8) is 0 Å². The fourth-order valence-electron chi connectivity index (χ4n) is 3.63. The maximum absolute atomic E-state index is 4.70. The van der Waals surface area contributed by atoms with Crippen LogP contribution in [0.4, 0.5) is 0 Å². The van der Waals surface area contributed by atoms with Crippen molar-refractivity contribution >= 4 is 5.78 Å². The monoisotopic (exact) mass is 323 g/mol. The quantitative estimate of drug-likeness (QED) is 0.736. The van der Waals surface area contributed by atoms with Crippen LogP contribution in [0.1, 0.15) is 47.5 Å². The second kappa shape index (κ2) is 5.11. The third-order valence-corrected chi connectivity index (χ3v) is 5.00. The van der Waals surface area contributed by atoms with E-state index in [4.69, 9.17) is 4.98 Å². The van der Waals surface area contributed by atoms with Crippen LogP contribution in [0.25, 0.3) is 5.78 Å². The molecular formula is C17H21N7. The molecule has 2 aliphatic rings. The summed E-state index contributed by atoms with van der Waals surface area (Å²) in [6.45, 7) is 7.78. The molecule has 0 aromatic carbocycles. The van der Waals surface area contributed by atoms with Crippen molar-refractivity contribution in [1.82, 2.24) is 34.0 Å². The minimum absolute atomic E-state index is 0.661. The Labute approximate surface area is 140 Å². The summed E-state index contributed by atoms with van der Waals surface area (Å²) in [5.41, 5.74) is 3.24. The van der Waals surface area contributed by atoms with E-state index >= 15 is 0 Å². The van der Waals surface area contributed by atoms with Crippen LogP contribution in [0.15, 0.2) is 12.3 Å². The van der Waals surface area contributed by atoms with E-state index in [0.29, 0.717) is 5.92 Å². The molecule has 24 heavy (non-hydrogen) atoms. The molecule has 4 heterocycles. The van der Waals surface area contributed by atoms with Gasteiger partial charge in [0.05, 0.1) is 12.2 Å². The van der Waals surface area contributed by atoms with E-state index < -0.39 is 0 Å². The highest BCUT2D eigenvalue weighted by Gasteiger charge is 2.32. The molecule has 1 saturated carbocycles. The third-order valence-electron chi connectivity index (χ3n) is 5.00. The van der Waals surface area contributed by atoms with Gasteiger partial charge in [0.2, 0.25) is 5.78 Å². The summed E-state index contributed by atoms with van der Waals surface area (Å²) in [6.07, 6.45) is 4.65. The first kappa shape index (κ1) is 14.1. The summed E-state index contributed by atoms with van der Waals surface area (Å²) in [5.74, 6) is 3.75. The van der Waals surface area contributed by atoms with Crippen LogP contribution >= 0.6 is 0 Å². The molecule has 0 radical (unpaired) electrons. The summed E-state index contributed by atoms with van der Waals surface area (Å²) in [7, 11) is 0. The van der Waals surface area contributed by atoms with Crippen LogP contribution in [0.5, 0.6) is 0 Å². The normalized spacial score (nSPS) is 18.2. The van der Waals surface area contributed by atoms with Crippen molar-refractivity contribution in [3.05, 3.63) is 41.0 Å². The van der Waals surface area contributed by atoms with Crippen molar-refractivity contribution < 1.29 is 0 Å². The summed E-state index contributed by atoms with van der Waals surface area (Å²) in [6, 6.07) is 2.08. The van der Waals surface area contributed by atoms with Crippen molar-refractivity contribution in [3.8, 4) is 0 Å². The molecule has 0 spiro atoms. The molecule has 5 rings (SSSR count). The summed E-state index contributed by atoms with van der Waals surface area (Å²) in [4.78, 5) is 11.6. The Morgan fingerprint density at radius 2 is 2.00 bits per heavy atom. The lowest BCUT2D eigenvalue weighted by Crippen LogP contribution is -2.34. The summed E-state index contributed by atoms with van der Waals surface area (Å²) >= 11 is 0. The molecule has 0 saturated heterocycles. The molecule has 3 aromatic heterocycles. The van der Waals surface area contributed by atoms with Crippen molar-refractivity contribution in [2.45, 2.75) is 52.2 Å². The molecule has 1 aliphatic heterocycles. The van der Waals surface area contributed by atoms with Crippen molar-refractivity contribution in [2.75, 3.05) is 6.54 Å². The minimum atomic E-state index is 0.661. The first-order valence-corrected chi connectivity index (χ1v) is 8.64. The molecular weight excluding hydrogens is 302 g/mol. The average molecular weight is 323 g/mol. The van der Waals surface area contributed by atoms with Gasteiger partial charge in [-0.1, -0.05) is 0 Å². The number of rotatable bonds is 3. The number of aryl methyl sites for hydroxylation is 2. The first-order chi connectivity index (χ1) is 11.7. The van der Waals surface area contributed by atoms with E-state index in [1.807, 2.05) is 6.92 Å². The van der Waals surface area contributed by atoms with Crippen LogP contribution in [-0.2, 0) is 19.6 Å². The van der Waals surface area contributed by atoms with Gasteiger partial charge in [-0.2, -0.15) is 0 Å². The van der Waals surface area contributed by atoms with Gasteiger partial charge in [0.1, 0.15) is 11.6 Å². The highest BCUT2D eigenvalue weighted by atomic mass is 15.3. The van der Waals surface area contributed by atoms with Crippen LogP contribution in [-0.4, -0.2) is 40.6 Å². The Bertz CT molecular complexity index is 919. The van der Waals surface area contributed by atoms with Gasteiger partial charge in [0, 0.05) is 43.1 Å². The largest absolute Gasteiger partial charge is 0.312 e. The third kappa shape index (κ3) is 2.31. The lowest BCUT2D eigenvalue weighted by atomic mass is 10.3. The molecule has 124 valence electrons. The molecule has 1 fully saturated rings. The van der Waals surface area contributed by atoms with Gasteiger partial charge in [0.15, 0.2) is 0 Å². The summed E-state index contributed by atoms with van der Waals surface area (Å²) < 4.78 is 4.40. The Balaban J connectivity index is 1.37. The lowest BCUT2D eigenvalue weighted by molar-refractivity contribution is 0.205. The standard InChI is InChI=1S/C17H21N7/c1-11-7-12(2)24-9-14(19-17(24)18-11)8-22-5-6-23-15(10-22)20-21-16(23)13-3-4-13/h7,9,13H,3-6,8,10H2,1-2H3. The van der Waals surface area contributed by atoms with Crippen molar-refractivity contribution in [2.24, 2.45) is 0 Å². The van der Waals surface area contributed by atoms with Crippen LogP contribution in [0.3, 0.4) is 0 Å². The smallest absolute Gasteiger partial charge is 0.234 e. The number of hydrogen-bond donors (Lipinski definition) is 0. The predicted octanol–water partition coefficient (Wildman–Crippen LogP) is 1.83. The maximum atomic E-state index is 4.70. The zero-order valence-corrected chi connectivity index (χ0v) is 14.1. The first-order valence-electron chi connectivity index (χ1n) is 8.64. The predicted molar refractivity (Wildman–Crippen MR) is 88.6 cm³/mol. The topological polar surface area (TPSA) is 64.1 Å². The second-order valence-electron chi connectivity index (χ2n) is 7.05. The highest BCUT2D eigenvalue weighted by molar-refractivity contribution is 5.34. The minimum Gasteiger partial charge on any atom is -0.312 e. The molecule has 0 N–H and O–H groups in total. The van der Waals surface area contributed by atoms with Crippen molar-refractivity contribution in [1.29, 1.82) is 0 Å². The Hall–Kier alpha value is -2.28. The Morgan fingerprint density at radius 1 is 1.12 bits per heavy atom.